The van der Waals surface area contributed by atoms with E-state index in [9.17, 15) is 9.59 Å². The maximum Gasteiger partial charge on any atom is 0.307 e. The Balaban J connectivity index is 1.76. The Labute approximate surface area is 120 Å². The van der Waals surface area contributed by atoms with E-state index in [1.807, 2.05) is 4.90 Å². The molecule has 1 amide bonds. The highest BCUT2D eigenvalue weighted by Crippen LogP contribution is 2.59. The number of aliphatic carboxylic acids is 1. The topological polar surface area (TPSA) is 66.8 Å². The summed E-state index contributed by atoms with van der Waals surface area (Å²) in [4.78, 5) is 25.1. The highest BCUT2D eigenvalue weighted by Gasteiger charge is 2.59. The van der Waals surface area contributed by atoms with Gasteiger partial charge >= 0.3 is 5.97 Å². The second-order valence-corrected chi connectivity index (χ2v) is 6.15. The molecule has 0 bridgehead atoms. The first kappa shape index (κ1) is 15.3. The van der Waals surface area contributed by atoms with E-state index in [2.05, 4.69) is 6.92 Å². The van der Waals surface area contributed by atoms with Crippen molar-refractivity contribution in [2.24, 2.45) is 11.3 Å². The first-order valence-electron chi connectivity index (χ1n) is 7.63. The normalized spacial score (nSPS) is 25.5. The first-order valence-corrected chi connectivity index (χ1v) is 7.63. The van der Waals surface area contributed by atoms with Crippen molar-refractivity contribution in [1.29, 1.82) is 0 Å². The fraction of sp³-hybridized carbons (Fsp3) is 0.867. The number of hydrogen-bond acceptors (Lipinski definition) is 3. The summed E-state index contributed by atoms with van der Waals surface area (Å²) in [7, 11) is 0. The number of carboxylic acid groups (broad SMARTS) is 1. The summed E-state index contributed by atoms with van der Waals surface area (Å²) in [6.07, 6.45) is 4.07. The molecule has 1 aliphatic heterocycles. The number of amides is 1. The van der Waals surface area contributed by atoms with E-state index in [0.717, 1.165) is 32.1 Å². The minimum absolute atomic E-state index is 0.0189. The van der Waals surface area contributed by atoms with Crippen LogP contribution in [-0.2, 0) is 14.3 Å². The van der Waals surface area contributed by atoms with Crippen molar-refractivity contribution in [2.75, 3.05) is 19.7 Å². The molecule has 2 unspecified atom stereocenters. The van der Waals surface area contributed by atoms with Gasteiger partial charge in [0.25, 0.3) is 5.91 Å². The third kappa shape index (κ3) is 3.14. The Morgan fingerprint density at radius 2 is 2.05 bits per heavy atom. The number of unbranched alkanes of at least 4 members (excludes halogenated alkanes) is 1. The minimum atomic E-state index is -0.680. The zero-order valence-electron chi connectivity index (χ0n) is 12.4. The van der Waals surface area contributed by atoms with Crippen LogP contribution in [0.25, 0.3) is 0 Å². The summed E-state index contributed by atoms with van der Waals surface area (Å²) < 4.78 is 5.54. The molecule has 114 valence electrons. The number of carbonyl (C=O) groups excluding carboxylic acids is 1. The second kappa shape index (κ2) is 6.12. The predicted molar refractivity (Wildman–Crippen MR) is 74.3 cm³/mol. The lowest BCUT2D eigenvalue weighted by Gasteiger charge is -2.34. The maximum absolute atomic E-state index is 12.2. The minimum Gasteiger partial charge on any atom is -0.481 e. The molecule has 1 N–H and O–H groups in total. The average molecular weight is 283 g/mol. The van der Waals surface area contributed by atoms with Crippen molar-refractivity contribution < 1.29 is 19.4 Å². The molecule has 20 heavy (non-hydrogen) atoms. The van der Waals surface area contributed by atoms with Crippen LogP contribution in [0.4, 0.5) is 0 Å². The number of hydrogen-bond donors (Lipinski definition) is 1. The van der Waals surface area contributed by atoms with Gasteiger partial charge in [0, 0.05) is 19.7 Å². The van der Waals surface area contributed by atoms with Crippen molar-refractivity contribution in [1.82, 2.24) is 4.90 Å². The van der Waals surface area contributed by atoms with Crippen molar-refractivity contribution >= 4 is 11.9 Å². The van der Waals surface area contributed by atoms with E-state index in [4.69, 9.17) is 9.84 Å². The molecule has 0 aromatic heterocycles. The quantitative estimate of drug-likeness (QED) is 0.756. The van der Waals surface area contributed by atoms with Gasteiger partial charge in [-0.2, -0.15) is 0 Å². The van der Waals surface area contributed by atoms with Crippen LogP contribution in [-0.4, -0.2) is 47.7 Å². The lowest BCUT2D eigenvalue weighted by Crippen LogP contribution is -2.44. The third-order valence-electron chi connectivity index (χ3n) is 4.77. The van der Waals surface area contributed by atoms with Crippen LogP contribution >= 0.6 is 0 Å². The third-order valence-corrected chi connectivity index (χ3v) is 4.77. The lowest BCUT2D eigenvalue weighted by atomic mass is 9.90. The zero-order valence-corrected chi connectivity index (χ0v) is 12.4. The van der Waals surface area contributed by atoms with Gasteiger partial charge in [-0.05, 0) is 38.0 Å². The number of likely N-dealkylation sites (tertiary alicyclic amines) is 1. The molecule has 0 radical (unpaired) electrons. The number of piperidine rings is 1. The Bertz CT molecular complexity index is 374. The van der Waals surface area contributed by atoms with Crippen LogP contribution < -0.4 is 0 Å². The molecule has 1 saturated heterocycles. The second-order valence-electron chi connectivity index (χ2n) is 6.15. The van der Waals surface area contributed by atoms with E-state index in [0.29, 0.717) is 19.7 Å². The smallest absolute Gasteiger partial charge is 0.307 e. The van der Waals surface area contributed by atoms with Gasteiger partial charge in [0.1, 0.15) is 6.10 Å². The Hall–Kier alpha value is -1.10. The van der Waals surface area contributed by atoms with Crippen LogP contribution in [0.1, 0.15) is 46.0 Å². The molecule has 2 aliphatic rings. The highest BCUT2D eigenvalue weighted by atomic mass is 16.5. The van der Waals surface area contributed by atoms with Crippen LogP contribution in [0.3, 0.4) is 0 Å². The van der Waals surface area contributed by atoms with E-state index in [1.54, 1.807) is 6.92 Å². The number of nitrogens with zero attached hydrogens (tertiary/aromatic N) is 1. The molecule has 2 atom stereocenters. The molecule has 0 aromatic rings. The number of carbonyl (C=O) groups is 2. The van der Waals surface area contributed by atoms with Crippen LogP contribution in [0.5, 0.6) is 0 Å². The molecule has 1 aliphatic carbocycles. The predicted octanol–water partition coefficient (Wildman–Crippen LogP) is 1.90. The van der Waals surface area contributed by atoms with Crippen LogP contribution in [0.2, 0.25) is 0 Å². The van der Waals surface area contributed by atoms with Gasteiger partial charge in [0.15, 0.2) is 0 Å². The summed E-state index contributed by atoms with van der Waals surface area (Å²) in [6.45, 7) is 5.87. The SMILES string of the molecule is CCCCOC(C)C(=O)N1CCC2(CC1)CC2C(=O)O. The maximum atomic E-state index is 12.2. The van der Waals surface area contributed by atoms with Crippen molar-refractivity contribution in [3.05, 3.63) is 0 Å². The van der Waals surface area contributed by atoms with Gasteiger partial charge in [-0.25, -0.2) is 0 Å². The van der Waals surface area contributed by atoms with Crippen LogP contribution in [0.15, 0.2) is 0 Å². The highest BCUT2D eigenvalue weighted by molar-refractivity contribution is 5.81. The fourth-order valence-corrected chi connectivity index (χ4v) is 3.15. The summed E-state index contributed by atoms with van der Waals surface area (Å²) in [5, 5.41) is 9.05. The molecule has 1 spiro atoms. The van der Waals surface area contributed by atoms with Gasteiger partial charge in [-0.15, -0.1) is 0 Å². The largest absolute Gasteiger partial charge is 0.481 e. The number of carboxylic acids is 1. The molecular formula is C15H25NO4. The van der Waals surface area contributed by atoms with Gasteiger partial charge in [-0.3, -0.25) is 9.59 Å². The van der Waals surface area contributed by atoms with Gasteiger partial charge in [0.2, 0.25) is 0 Å². The Morgan fingerprint density at radius 1 is 1.40 bits per heavy atom. The monoisotopic (exact) mass is 283 g/mol. The average Bonchev–Trinajstić information content (AvgIpc) is 3.13. The standard InChI is InChI=1S/C15H25NO4/c1-3-4-9-20-11(2)13(17)16-7-5-15(6-8-16)10-12(15)14(18)19/h11-12H,3-10H2,1-2H3,(H,18,19). The molecule has 5 heteroatoms. The molecule has 0 aromatic carbocycles. The molecule has 2 rings (SSSR count). The van der Waals surface area contributed by atoms with Gasteiger partial charge in [-0.1, -0.05) is 13.3 Å². The van der Waals surface area contributed by atoms with Crippen molar-refractivity contribution in [3.8, 4) is 0 Å². The van der Waals surface area contributed by atoms with Crippen molar-refractivity contribution in [2.45, 2.75) is 52.1 Å². The van der Waals surface area contributed by atoms with Crippen LogP contribution in [0, 0.1) is 11.3 Å². The Kier molecular flexibility index (Phi) is 4.68. The van der Waals surface area contributed by atoms with Gasteiger partial charge < -0.3 is 14.7 Å². The van der Waals surface area contributed by atoms with E-state index < -0.39 is 5.97 Å². The fourth-order valence-electron chi connectivity index (χ4n) is 3.15. The van der Waals surface area contributed by atoms with Crippen molar-refractivity contribution in [3.63, 3.8) is 0 Å². The molecule has 5 nitrogen and oxygen atoms in total. The summed E-state index contributed by atoms with van der Waals surface area (Å²) in [5.41, 5.74) is -0.0189. The summed E-state index contributed by atoms with van der Waals surface area (Å²) >= 11 is 0. The lowest BCUT2D eigenvalue weighted by molar-refractivity contribution is -0.144. The number of ether oxygens (including phenoxy) is 1. The molecular weight excluding hydrogens is 258 g/mol. The van der Waals surface area contributed by atoms with Gasteiger partial charge in [0.05, 0.1) is 5.92 Å². The van der Waals surface area contributed by atoms with E-state index >= 15 is 0 Å². The summed E-state index contributed by atoms with van der Waals surface area (Å²) in [6, 6.07) is 0. The Morgan fingerprint density at radius 3 is 2.55 bits per heavy atom. The molecule has 1 heterocycles. The number of rotatable bonds is 6. The molecule has 2 fully saturated rings. The first-order chi connectivity index (χ1) is 9.50. The van der Waals surface area contributed by atoms with E-state index in [1.165, 1.54) is 0 Å². The van der Waals surface area contributed by atoms with E-state index in [-0.39, 0.29) is 23.3 Å². The molecule has 1 saturated carbocycles. The summed E-state index contributed by atoms with van der Waals surface area (Å²) in [5.74, 6) is -0.817. The zero-order chi connectivity index (χ0) is 14.8.